The summed E-state index contributed by atoms with van der Waals surface area (Å²) in [5.41, 5.74) is 3.15. The molecule has 1 unspecified atom stereocenters. The van der Waals surface area contributed by atoms with Gasteiger partial charge < -0.3 is 0 Å². The zero-order valence-corrected chi connectivity index (χ0v) is 13.0. The number of carbonyl (C=O) groups is 1. The first-order valence-corrected chi connectivity index (χ1v) is 8.39. The van der Waals surface area contributed by atoms with Gasteiger partial charge in [0.2, 0.25) is 0 Å². The number of carbonyl (C=O) groups excluding carboxylic acids is 1. The summed E-state index contributed by atoms with van der Waals surface area (Å²) in [6.45, 7) is 0.989. The molecule has 21 heavy (non-hydrogen) atoms. The fraction of sp³-hybridized carbons (Fsp3) is 0.278. The van der Waals surface area contributed by atoms with E-state index in [2.05, 4.69) is 17.0 Å². The minimum atomic E-state index is 0.0197. The number of thioether (sulfide) groups is 1. The molecule has 2 aromatic rings. The van der Waals surface area contributed by atoms with Crippen LogP contribution < -0.4 is 0 Å². The molecule has 1 aliphatic heterocycles. The summed E-state index contributed by atoms with van der Waals surface area (Å²) in [5.74, 6) is 2.26. The van der Waals surface area contributed by atoms with Crippen LogP contribution in [-0.4, -0.2) is 41.8 Å². The highest BCUT2D eigenvalue weighted by molar-refractivity contribution is 7.99. The lowest BCUT2D eigenvalue weighted by atomic mass is 9.99. The van der Waals surface area contributed by atoms with Crippen LogP contribution in [0.3, 0.4) is 0 Å². The van der Waals surface area contributed by atoms with Crippen molar-refractivity contribution in [1.29, 1.82) is 0 Å². The molecular weight excluding hydrogens is 278 g/mol. The second-order valence-electron chi connectivity index (χ2n) is 5.38. The van der Waals surface area contributed by atoms with Gasteiger partial charge in [0, 0.05) is 23.6 Å². The highest BCUT2D eigenvalue weighted by Crippen LogP contribution is 2.22. The zero-order valence-electron chi connectivity index (χ0n) is 12.2. The van der Waals surface area contributed by atoms with E-state index in [1.807, 2.05) is 61.3 Å². The predicted octanol–water partition coefficient (Wildman–Crippen LogP) is 3.58. The maximum absolute atomic E-state index is 12.6. The van der Waals surface area contributed by atoms with Gasteiger partial charge in [-0.15, -0.1) is 0 Å². The number of Topliss-reactive ketones (excluding diaryl/α,β-unsaturated/α-hetero) is 1. The van der Waals surface area contributed by atoms with Gasteiger partial charge in [0.15, 0.2) is 5.78 Å². The Morgan fingerprint density at radius 1 is 1.05 bits per heavy atom. The molecule has 1 fully saturated rings. The fourth-order valence-corrected chi connectivity index (χ4v) is 3.83. The normalized spacial score (nSPS) is 19.4. The van der Waals surface area contributed by atoms with Gasteiger partial charge in [0.1, 0.15) is 0 Å². The molecule has 1 heterocycles. The molecule has 108 valence electrons. The molecule has 0 aliphatic carbocycles. The second-order valence-corrected chi connectivity index (χ2v) is 6.53. The van der Waals surface area contributed by atoms with Crippen molar-refractivity contribution >= 4 is 17.5 Å². The van der Waals surface area contributed by atoms with Gasteiger partial charge in [-0.05, 0) is 18.2 Å². The van der Waals surface area contributed by atoms with Crippen LogP contribution in [0.2, 0.25) is 0 Å². The van der Waals surface area contributed by atoms with E-state index in [4.69, 9.17) is 0 Å². The van der Waals surface area contributed by atoms with Gasteiger partial charge in [-0.3, -0.25) is 9.69 Å². The summed E-state index contributed by atoms with van der Waals surface area (Å²) in [6, 6.07) is 18.3. The van der Waals surface area contributed by atoms with Crippen LogP contribution in [-0.2, 0) is 0 Å². The van der Waals surface area contributed by atoms with E-state index >= 15 is 0 Å². The van der Waals surface area contributed by atoms with Crippen molar-refractivity contribution in [2.45, 2.75) is 6.04 Å². The molecule has 3 rings (SSSR count). The molecule has 3 heteroatoms. The molecular formula is C18H19NOS. The summed E-state index contributed by atoms with van der Waals surface area (Å²) in [5, 5.41) is 0. The number of nitrogens with zero attached hydrogens (tertiary/aromatic N) is 1. The van der Waals surface area contributed by atoms with E-state index in [1.165, 1.54) is 5.56 Å². The summed E-state index contributed by atoms with van der Waals surface area (Å²) in [6.07, 6.45) is 0. The van der Waals surface area contributed by atoms with Crippen molar-refractivity contribution in [2.75, 3.05) is 25.1 Å². The Labute approximate surface area is 130 Å². The van der Waals surface area contributed by atoms with Crippen LogP contribution >= 0.6 is 11.8 Å². The lowest BCUT2D eigenvalue weighted by Crippen LogP contribution is -2.44. The van der Waals surface area contributed by atoms with Crippen LogP contribution in [0.5, 0.6) is 0 Å². The van der Waals surface area contributed by atoms with Gasteiger partial charge in [-0.2, -0.15) is 11.8 Å². The number of benzene rings is 2. The molecule has 0 saturated carbocycles. The van der Waals surface area contributed by atoms with Crippen molar-refractivity contribution < 1.29 is 4.79 Å². The van der Waals surface area contributed by atoms with E-state index in [0.717, 1.165) is 29.2 Å². The minimum absolute atomic E-state index is 0.0197. The molecule has 1 aliphatic rings. The molecule has 0 spiro atoms. The Hall–Kier alpha value is -1.58. The smallest absolute Gasteiger partial charge is 0.180 e. The number of likely N-dealkylation sites (N-methyl/N-ethyl adjacent to an activating group) is 1. The summed E-state index contributed by atoms with van der Waals surface area (Å²) in [4.78, 5) is 14.8. The van der Waals surface area contributed by atoms with Crippen molar-refractivity contribution in [3.63, 3.8) is 0 Å². The summed E-state index contributed by atoms with van der Waals surface area (Å²) in [7, 11) is 2.04. The fourth-order valence-electron chi connectivity index (χ4n) is 2.61. The molecule has 2 nitrogen and oxygen atoms in total. The van der Waals surface area contributed by atoms with Gasteiger partial charge in [-0.25, -0.2) is 0 Å². The van der Waals surface area contributed by atoms with Crippen molar-refractivity contribution in [2.24, 2.45) is 0 Å². The largest absolute Gasteiger partial charge is 0.295 e. The Bertz CT molecular complexity index is 609. The number of rotatable bonds is 3. The van der Waals surface area contributed by atoms with Crippen LogP contribution in [0, 0.1) is 0 Å². The average Bonchev–Trinajstić information content (AvgIpc) is 2.56. The Kier molecular flexibility index (Phi) is 4.42. The van der Waals surface area contributed by atoms with Crippen LogP contribution in [0.1, 0.15) is 10.4 Å². The number of hydrogen-bond acceptors (Lipinski definition) is 3. The Morgan fingerprint density at radius 3 is 2.38 bits per heavy atom. The molecule has 0 aromatic heterocycles. The molecule has 1 saturated heterocycles. The zero-order chi connectivity index (χ0) is 14.7. The number of ketones is 1. The Morgan fingerprint density at radius 2 is 1.71 bits per heavy atom. The van der Waals surface area contributed by atoms with Gasteiger partial charge in [0.25, 0.3) is 0 Å². The summed E-state index contributed by atoms with van der Waals surface area (Å²) < 4.78 is 0. The summed E-state index contributed by atoms with van der Waals surface area (Å²) >= 11 is 1.87. The minimum Gasteiger partial charge on any atom is -0.295 e. The van der Waals surface area contributed by atoms with Gasteiger partial charge in [-0.1, -0.05) is 54.6 Å². The van der Waals surface area contributed by atoms with Crippen molar-refractivity contribution in [3.05, 3.63) is 60.2 Å². The maximum Gasteiger partial charge on any atom is 0.180 e. The first kappa shape index (κ1) is 14.4. The monoisotopic (exact) mass is 297 g/mol. The second kappa shape index (κ2) is 6.46. The molecule has 1 atom stereocenters. The van der Waals surface area contributed by atoms with Crippen LogP contribution in [0.15, 0.2) is 54.6 Å². The van der Waals surface area contributed by atoms with E-state index in [0.29, 0.717) is 0 Å². The third kappa shape index (κ3) is 3.20. The van der Waals surface area contributed by atoms with E-state index < -0.39 is 0 Å². The molecule has 2 aromatic carbocycles. The molecule has 0 amide bonds. The quantitative estimate of drug-likeness (QED) is 0.808. The average molecular weight is 297 g/mol. The topological polar surface area (TPSA) is 20.3 Å². The standard InChI is InChI=1S/C18H19NOS/c1-19-11-12-21-13-17(19)18(20)16-9-7-15(8-10-16)14-5-3-2-4-6-14/h2-10,17H,11-13H2,1H3. The predicted molar refractivity (Wildman–Crippen MR) is 90.0 cm³/mol. The maximum atomic E-state index is 12.6. The molecule has 0 bridgehead atoms. The lowest BCUT2D eigenvalue weighted by Gasteiger charge is -2.30. The van der Waals surface area contributed by atoms with Crippen LogP contribution in [0.25, 0.3) is 11.1 Å². The van der Waals surface area contributed by atoms with Crippen LogP contribution in [0.4, 0.5) is 0 Å². The first-order chi connectivity index (χ1) is 10.3. The highest BCUT2D eigenvalue weighted by Gasteiger charge is 2.26. The van der Waals surface area contributed by atoms with E-state index in [-0.39, 0.29) is 11.8 Å². The van der Waals surface area contributed by atoms with Crippen molar-refractivity contribution in [1.82, 2.24) is 4.90 Å². The van der Waals surface area contributed by atoms with Gasteiger partial charge >= 0.3 is 0 Å². The number of hydrogen-bond donors (Lipinski definition) is 0. The molecule has 0 N–H and O–H groups in total. The lowest BCUT2D eigenvalue weighted by molar-refractivity contribution is 0.0874. The highest BCUT2D eigenvalue weighted by atomic mass is 32.2. The first-order valence-electron chi connectivity index (χ1n) is 7.23. The van der Waals surface area contributed by atoms with Gasteiger partial charge in [0.05, 0.1) is 6.04 Å². The third-order valence-electron chi connectivity index (χ3n) is 3.98. The van der Waals surface area contributed by atoms with Crippen molar-refractivity contribution in [3.8, 4) is 11.1 Å². The van der Waals surface area contributed by atoms with E-state index in [1.54, 1.807) is 0 Å². The Balaban J connectivity index is 1.79. The van der Waals surface area contributed by atoms with E-state index in [9.17, 15) is 4.79 Å². The SMILES string of the molecule is CN1CCSCC1C(=O)c1ccc(-c2ccccc2)cc1. The third-order valence-corrected chi connectivity index (χ3v) is 5.00. The molecule has 0 radical (unpaired) electrons.